The number of anilines is 1. The molecule has 0 radical (unpaired) electrons. The molecule has 0 aromatic heterocycles. The number of amides is 4. The molecule has 0 atom stereocenters. The van der Waals surface area contributed by atoms with E-state index in [1.54, 1.807) is 23.1 Å². The van der Waals surface area contributed by atoms with Crippen LogP contribution in [-0.4, -0.2) is 34.6 Å². The fourth-order valence-electron chi connectivity index (χ4n) is 12.1. The standard InChI is InChI=1S/C61H58N2O4/c1-4-7-9-11-13-15-17-19-38(20-18-16-14-12-10-8-5-2)62-58(64)48-33-29-44-40-25-27-42-46-31-35-50-57-51(61(67)63(60(50)66)39-23-21-37(6-3)22-24-39)36-32-47(55(46)57)43-28-26-41(52(40)53(42)43)45-30-34-49(59(62)65)56(48)54(44)45/h6,21-36,38H,3-5,7-20H2,1-2H3. The number of benzene rings is 9. The summed E-state index contributed by atoms with van der Waals surface area (Å²) in [4.78, 5) is 61.2. The molecule has 2 aliphatic rings. The lowest BCUT2D eigenvalue weighted by atomic mass is 9.80. The lowest BCUT2D eigenvalue weighted by Crippen LogP contribution is -2.47. The summed E-state index contributed by atoms with van der Waals surface area (Å²) in [7, 11) is 0. The minimum absolute atomic E-state index is 0.114. The summed E-state index contributed by atoms with van der Waals surface area (Å²) in [5.74, 6) is -0.986. The molecule has 0 N–H and O–H groups in total. The number of rotatable bonds is 19. The second kappa shape index (κ2) is 17.5. The summed E-state index contributed by atoms with van der Waals surface area (Å²) in [5, 5.41) is 13.9. The van der Waals surface area contributed by atoms with Crippen LogP contribution in [-0.2, 0) is 0 Å². The maximum atomic E-state index is 14.9. The third-order valence-corrected chi connectivity index (χ3v) is 15.4. The molecule has 4 amide bonds. The molecule has 6 heteroatoms. The number of fused-ring (bicyclic) bond motifs is 4. The van der Waals surface area contributed by atoms with Gasteiger partial charge in [0, 0.05) is 39.1 Å². The zero-order valence-corrected chi connectivity index (χ0v) is 38.9. The fourth-order valence-corrected chi connectivity index (χ4v) is 12.1. The van der Waals surface area contributed by atoms with Crippen LogP contribution in [0.1, 0.15) is 164 Å². The van der Waals surface area contributed by atoms with Crippen LogP contribution < -0.4 is 4.90 Å². The average molecular weight is 883 g/mol. The van der Waals surface area contributed by atoms with Gasteiger partial charge in [0.25, 0.3) is 23.6 Å². The van der Waals surface area contributed by atoms with Crippen LogP contribution in [0, 0.1) is 0 Å². The van der Waals surface area contributed by atoms with Gasteiger partial charge < -0.3 is 0 Å². The van der Waals surface area contributed by atoms with Gasteiger partial charge in [-0.15, -0.1) is 0 Å². The van der Waals surface area contributed by atoms with Crippen molar-refractivity contribution >= 4 is 111 Å². The van der Waals surface area contributed by atoms with Crippen molar-refractivity contribution in [3.63, 3.8) is 0 Å². The van der Waals surface area contributed by atoms with Gasteiger partial charge >= 0.3 is 0 Å². The Hall–Kier alpha value is -6.66. The van der Waals surface area contributed by atoms with Crippen LogP contribution in [0.2, 0.25) is 0 Å². The van der Waals surface area contributed by atoms with E-state index < -0.39 is 0 Å². The lowest BCUT2D eigenvalue weighted by Gasteiger charge is -2.35. The van der Waals surface area contributed by atoms with E-state index in [1.165, 1.54) is 69.1 Å². The molecule has 336 valence electrons. The first kappa shape index (κ1) is 42.9. The van der Waals surface area contributed by atoms with Crippen molar-refractivity contribution in [3.8, 4) is 0 Å². The SMILES string of the molecule is C=Cc1ccc(N2C(=O)c3ccc4c5ccc6c7ccc8c9c(ccc(c%10ccc(c%11ccc(c3c4%11)C2=O)c5c6%10)c97)C(=O)N(C(CCCCCCCCC)CCCCCCCCC)C8=O)cc1. The zero-order valence-electron chi connectivity index (χ0n) is 38.9. The van der Waals surface area contributed by atoms with E-state index in [0.29, 0.717) is 33.3 Å². The van der Waals surface area contributed by atoms with Gasteiger partial charge in [0.2, 0.25) is 0 Å². The predicted molar refractivity (Wildman–Crippen MR) is 279 cm³/mol. The normalized spacial score (nSPS) is 14.1. The smallest absolute Gasteiger partial charge is 0.265 e. The first-order valence-electron chi connectivity index (χ1n) is 25.2. The van der Waals surface area contributed by atoms with Gasteiger partial charge in [-0.25, -0.2) is 4.90 Å². The van der Waals surface area contributed by atoms with Crippen molar-refractivity contribution in [1.82, 2.24) is 4.90 Å². The van der Waals surface area contributed by atoms with Crippen molar-refractivity contribution in [1.29, 1.82) is 0 Å². The van der Waals surface area contributed by atoms with E-state index in [1.807, 2.05) is 48.5 Å². The van der Waals surface area contributed by atoms with E-state index in [9.17, 15) is 19.2 Å². The average Bonchev–Trinajstić information content (AvgIpc) is 3.35. The van der Waals surface area contributed by atoms with Gasteiger partial charge in [-0.2, -0.15) is 0 Å². The Morgan fingerprint density at radius 1 is 0.388 bits per heavy atom. The van der Waals surface area contributed by atoms with E-state index in [4.69, 9.17) is 0 Å². The third-order valence-electron chi connectivity index (χ3n) is 15.4. The van der Waals surface area contributed by atoms with Gasteiger partial charge in [-0.3, -0.25) is 24.1 Å². The summed E-state index contributed by atoms with van der Waals surface area (Å²) >= 11 is 0. The van der Waals surface area contributed by atoms with Gasteiger partial charge in [0.05, 0.1) is 5.69 Å². The maximum absolute atomic E-state index is 14.9. The molecule has 67 heavy (non-hydrogen) atoms. The van der Waals surface area contributed by atoms with E-state index >= 15 is 0 Å². The monoisotopic (exact) mass is 882 g/mol. The van der Waals surface area contributed by atoms with Crippen LogP contribution in [0.15, 0.2) is 104 Å². The molecule has 9 aromatic carbocycles. The highest BCUT2D eigenvalue weighted by molar-refractivity contribution is 6.46. The number of carbonyl (C=O) groups excluding carboxylic acids is 4. The quantitative estimate of drug-likeness (QED) is 0.0351. The Kier molecular flexibility index (Phi) is 11.2. The van der Waals surface area contributed by atoms with Gasteiger partial charge in [0.1, 0.15) is 0 Å². The topological polar surface area (TPSA) is 74.8 Å². The molecule has 0 bridgehead atoms. The summed E-state index contributed by atoms with van der Waals surface area (Å²) in [6.45, 7) is 8.34. The molecular formula is C61H58N2O4. The van der Waals surface area contributed by atoms with Gasteiger partial charge in [0.15, 0.2) is 0 Å². The van der Waals surface area contributed by atoms with Crippen LogP contribution in [0.4, 0.5) is 5.69 Å². The predicted octanol–water partition coefficient (Wildman–Crippen LogP) is 16.3. The van der Waals surface area contributed by atoms with Crippen LogP contribution in [0.3, 0.4) is 0 Å². The molecule has 11 rings (SSSR count). The molecule has 2 aliphatic heterocycles. The number of unbranched alkanes of at least 4 members (excludes halogenated alkanes) is 12. The van der Waals surface area contributed by atoms with Crippen molar-refractivity contribution in [2.24, 2.45) is 0 Å². The zero-order chi connectivity index (χ0) is 45.9. The molecule has 0 saturated carbocycles. The summed E-state index contributed by atoms with van der Waals surface area (Å²) < 4.78 is 0. The first-order chi connectivity index (χ1) is 32.9. The molecule has 0 saturated heterocycles. The Balaban J connectivity index is 0.992. The second-order valence-corrected chi connectivity index (χ2v) is 19.4. The van der Waals surface area contributed by atoms with Crippen molar-refractivity contribution < 1.29 is 19.2 Å². The molecule has 0 aliphatic carbocycles. The number of imide groups is 2. The molecule has 9 aromatic rings. The Bertz CT molecular complexity index is 3270. The van der Waals surface area contributed by atoms with Crippen molar-refractivity contribution in [2.75, 3.05) is 4.90 Å². The molecule has 0 unspecified atom stereocenters. The largest absolute Gasteiger partial charge is 0.271 e. The second-order valence-electron chi connectivity index (χ2n) is 19.4. The number of hydrogen-bond donors (Lipinski definition) is 0. The Labute approximate surface area is 392 Å². The van der Waals surface area contributed by atoms with E-state index in [2.05, 4.69) is 56.8 Å². The molecule has 0 spiro atoms. The maximum Gasteiger partial charge on any atom is 0.265 e. The summed E-state index contributed by atoms with van der Waals surface area (Å²) in [5.41, 5.74) is 3.70. The van der Waals surface area contributed by atoms with Crippen molar-refractivity contribution in [2.45, 2.75) is 123 Å². The minimum Gasteiger partial charge on any atom is -0.271 e. The van der Waals surface area contributed by atoms with Crippen LogP contribution in [0.25, 0.3) is 81.5 Å². The van der Waals surface area contributed by atoms with Gasteiger partial charge in [-0.1, -0.05) is 177 Å². The summed E-state index contributed by atoms with van der Waals surface area (Å²) in [6, 6.07) is 31.9. The number of hydrogen-bond acceptors (Lipinski definition) is 4. The molecule has 2 heterocycles. The summed E-state index contributed by atoms with van der Waals surface area (Å²) in [6.07, 6.45) is 20.2. The highest BCUT2D eigenvalue weighted by Gasteiger charge is 2.39. The molecule has 6 nitrogen and oxygen atoms in total. The molecular weight excluding hydrogens is 825 g/mol. The van der Waals surface area contributed by atoms with Crippen LogP contribution in [0.5, 0.6) is 0 Å². The van der Waals surface area contributed by atoms with Crippen molar-refractivity contribution in [3.05, 3.63) is 131 Å². The lowest BCUT2D eigenvalue weighted by molar-refractivity contribution is 0.0516. The van der Waals surface area contributed by atoms with Gasteiger partial charge in [-0.05, 0) is 119 Å². The number of nitrogens with zero attached hydrogens (tertiary/aromatic N) is 2. The Morgan fingerprint density at radius 3 is 1.06 bits per heavy atom. The molecule has 0 fully saturated rings. The Morgan fingerprint density at radius 2 is 0.701 bits per heavy atom. The minimum atomic E-state index is -0.336. The fraction of sp³-hybridized carbons (Fsp3) is 0.311. The first-order valence-corrected chi connectivity index (χ1v) is 25.2. The highest BCUT2D eigenvalue weighted by Crippen LogP contribution is 2.50. The van der Waals surface area contributed by atoms with E-state index in [0.717, 1.165) is 114 Å². The van der Waals surface area contributed by atoms with E-state index in [-0.39, 0.29) is 29.7 Å². The number of carbonyl (C=O) groups is 4. The third kappa shape index (κ3) is 6.80. The van der Waals surface area contributed by atoms with Crippen LogP contribution >= 0.6 is 0 Å². The highest BCUT2D eigenvalue weighted by atomic mass is 16.2.